The van der Waals surface area contributed by atoms with E-state index in [1.165, 1.54) is 4.68 Å². The van der Waals surface area contributed by atoms with Gasteiger partial charge in [0, 0.05) is 7.05 Å². The van der Waals surface area contributed by atoms with Crippen LogP contribution in [0.15, 0.2) is 29.2 Å². The number of nitrogens with two attached hydrogens (primary N) is 1. The molecule has 6 nitrogen and oxygen atoms in total. The molecule has 0 spiro atoms. The van der Waals surface area contributed by atoms with E-state index in [0.29, 0.717) is 11.4 Å². The number of nitrogens with one attached hydrogen (secondary N) is 1. The Kier molecular flexibility index (Phi) is 3.23. The van der Waals surface area contributed by atoms with Gasteiger partial charge in [-0.1, -0.05) is 17.7 Å². The molecule has 0 saturated carbocycles. The molecule has 3 N–H and O–H groups in total. The molecule has 1 aromatic carbocycles. The Hall–Kier alpha value is -2.02. The molecule has 2 aromatic rings. The first-order chi connectivity index (χ1) is 8.81. The molecule has 0 atom stereocenters. The van der Waals surface area contributed by atoms with E-state index in [4.69, 9.17) is 5.73 Å². The van der Waals surface area contributed by atoms with Gasteiger partial charge in [0.05, 0.1) is 16.3 Å². The average Bonchev–Trinajstić information content (AvgIpc) is 2.56. The van der Waals surface area contributed by atoms with Gasteiger partial charge >= 0.3 is 0 Å². The minimum absolute atomic E-state index is 0.191. The van der Waals surface area contributed by atoms with Crippen molar-refractivity contribution in [1.29, 1.82) is 0 Å². The minimum Gasteiger partial charge on any atom is -0.394 e. The Labute approximate surface area is 112 Å². The SMILES string of the molecule is Cc1ccc(S(=O)(=O)Nc2c(N)c(C)nn2C)cc1. The molecular formula is C12H16N4O2S. The Morgan fingerprint density at radius 2 is 1.79 bits per heavy atom. The summed E-state index contributed by atoms with van der Waals surface area (Å²) < 4.78 is 28.3. The van der Waals surface area contributed by atoms with Crippen molar-refractivity contribution in [2.45, 2.75) is 18.7 Å². The van der Waals surface area contributed by atoms with Crippen LogP contribution >= 0.6 is 0 Å². The van der Waals surface area contributed by atoms with Crippen LogP contribution in [0.4, 0.5) is 11.5 Å². The van der Waals surface area contributed by atoms with Crippen molar-refractivity contribution in [3.8, 4) is 0 Å². The number of nitrogen functional groups attached to an aromatic ring is 1. The van der Waals surface area contributed by atoms with Gasteiger partial charge in [0.1, 0.15) is 0 Å². The van der Waals surface area contributed by atoms with Crippen molar-refractivity contribution in [3.05, 3.63) is 35.5 Å². The molecule has 0 aliphatic carbocycles. The molecule has 0 fully saturated rings. The smallest absolute Gasteiger partial charge is 0.263 e. The molecule has 0 bridgehead atoms. The summed E-state index contributed by atoms with van der Waals surface area (Å²) in [6, 6.07) is 6.59. The van der Waals surface area contributed by atoms with Gasteiger partial charge in [-0.3, -0.25) is 4.72 Å². The molecule has 0 saturated heterocycles. The average molecular weight is 280 g/mol. The van der Waals surface area contributed by atoms with E-state index in [1.807, 2.05) is 6.92 Å². The third-order valence-electron chi connectivity index (χ3n) is 2.83. The maximum Gasteiger partial charge on any atom is 0.263 e. The highest BCUT2D eigenvalue weighted by atomic mass is 32.2. The van der Waals surface area contributed by atoms with Crippen LogP contribution in [0.3, 0.4) is 0 Å². The largest absolute Gasteiger partial charge is 0.394 e. The van der Waals surface area contributed by atoms with E-state index in [-0.39, 0.29) is 10.7 Å². The van der Waals surface area contributed by atoms with Crippen molar-refractivity contribution in [2.75, 3.05) is 10.5 Å². The zero-order chi connectivity index (χ0) is 14.2. The van der Waals surface area contributed by atoms with Crippen molar-refractivity contribution in [1.82, 2.24) is 9.78 Å². The monoisotopic (exact) mass is 280 g/mol. The lowest BCUT2D eigenvalue weighted by atomic mass is 10.2. The Morgan fingerprint density at radius 1 is 1.21 bits per heavy atom. The van der Waals surface area contributed by atoms with E-state index >= 15 is 0 Å². The predicted molar refractivity (Wildman–Crippen MR) is 74.3 cm³/mol. The lowest BCUT2D eigenvalue weighted by Gasteiger charge is -2.09. The maximum atomic E-state index is 12.2. The highest BCUT2D eigenvalue weighted by Gasteiger charge is 2.19. The molecule has 2 rings (SSSR count). The quantitative estimate of drug-likeness (QED) is 0.889. The second kappa shape index (κ2) is 4.58. The van der Waals surface area contributed by atoms with Crippen molar-refractivity contribution in [3.63, 3.8) is 0 Å². The van der Waals surface area contributed by atoms with Gasteiger partial charge < -0.3 is 5.73 Å². The van der Waals surface area contributed by atoms with E-state index in [9.17, 15) is 8.42 Å². The van der Waals surface area contributed by atoms with Crippen LogP contribution in [0.2, 0.25) is 0 Å². The molecule has 19 heavy (non-hydrogen) atoms. The number of sulfonamides is 1. The first kappa shape index (κ1) is 13.4. The minimum atomic E-state index is -3.65. The number of hydrogen-bond donors (Lipinski definition) is 2. The fourth-order valence-electron chi connectivity index (χ4n) is 1.70. The third-order valence-corrected chi connectivity index (χ3v) is 4.19. The highest BCUT2D eigenvalue weighted by Crippen LogP contribution is 2.24. The summed E-state index contributed by atoms with van der Waals surface area (Å²) in [6.45, 7) is 3.62. The second-order valence-electron chi connectivity index (χ2n) is 4.39. The topological polar surface area (TPSA) is 90.0 Å². The van der Waals surface area contributed by atoms with E-state index in [0.717, 1.165) is 5.56 Å². The van der Waals surface area contributed by atoms with Gasteiger partial charge in [0.2, 0.25) is 0 Å². The summed E-state index contributed by atoms with van der Waals surface area (Å²) in [4.78, 5) is 0.191. The highest BCUT2D eigenvalue weighted by molar-refractivity contribution is 7.92. The van der Waals surface area contributed by atoms with Crippen molar-refractivity contribution in [2.24, 2.45) is 7.05 Å². The molecule has 0 unspecified atom stereocenters. The molecule has 0 radical (unpaired) electrons. The Morgan fingerprint density at radius 3 is 2.26 bits per heavy atom. The summed E-state index contributed by atoms with van der Waals surface area (Å²) in [5, 5.41) is 4.07. The lowest BCUT2D eigenvalue weighted by molar-refractivity contribution is 0.600. The van der Waals surface area contributed by atoms with Crippen LogP contribution in [-0.2, 0) is 17.1 Å². The molecule has 0 aliphatic heterocycles. The summed E-state index contributed by atoms with van der Waals surface area (Å²) >= 11 is 0. The first-order valence-corrected chi connectivity index (χ1v) is 7.18. The van der Waals surface area contributed by atoms with Crippen LogP contribution in [0.5, 0.6) is 0 Å². The summed E-state index contributed by atoms with van der Waals surface area (Å²) in [7, 11) is -2.02. The lowest BCUT2D eigenvalue weighted by Crippen LogP contribution is -2.16. The third kappa shape index (κ3) is 2.55. The van der Waals surface area contributed by atoms with Crippen molar-refractivity contribution >= 4 is 21.5 Å². The van der Waals surface area contributed by atoms with Crippen LogP contribution < -0.4 is 10.5 Å². The summed E-state index contributed by atoms with van der Waals surface area (Å²) in [5.41, 5.74) is 7.72. The number of aromatic nitrogens is 2. The number of aryl methyl sites for hydroxylation is 3. The molecule has 7 heteroatoms. The number of nitrogens with zero attached hydrogens (tertiary/aromatic N) is 2. The zero-order valence-corrected chi connectivity index (χ0v) is 11.8. The van der Waals surface area contributed by atoms with E-state index < -0.39 is 10.0 Å². The van der Waals surface area contributed by atoms with E-state index in [1.54, 1.807) is 38.2 Å². The van der Waals surface area contributed by atoms with Crippen molar-refractivity contribution < 1.29 is 8.42 Å². The first-order valence-electron chi connectivity index (χ1n) is 5.70. The fourth-order valence-corrected chi connectivity index (χ4v) is 2.81. The van der Waals surface area contributed by atoms with Gasteiger partial charge in [-0.2, -0.15) is 5.10 Å². The van der Waals surface area contributed by atoms with Gasteiger partial charge in [0.15, 0.2) is 5.82 Å². The summed E-state index contributed by atoms with van der Waals surface area (Å²) in [5.74, 6) is 0.276. The predicted octanol–water partition coefficient (Wildman–Crippen LogP) is 1.42. The Balaban J connectivity index is 2.39. The maximum absolute atomic E-state index is 12.2. The van der Waals surface area contributed by atoms with Gasteiger partial charge in [-0.15, -0.1) is 0 Å². The molecular weight excluding hydrogens is 264 g/mol. The van der Waals surface area contributed by atoms with Gasteiger partial charge in [-0.05, 0) is 26.0 Å². The van der Waals surface area contributed by atoms with E-state index in [2.05, 4.69) is 9.82 Å². The van der Waals surface area contributed by atoms with Crippen LogP contribution in [0, 0.1) is 13.8 Å². The number of rotatable bonds is 3. The van der Waals surface area contributed by atoms with Gasteiger partial charge in [0.25, 0.3) is 10.0 Å². The molecule has 1 heterocycles. The number of hydrogen-bond acceptors (Lipinski definition) is 4. The van der Waals surface area contributed by atoms with Crippen LogP contribution in [0.25, 0.3) is 0 Å². The van der Waals surface area contributed by atoms with Gasteiger partial charge in [-0.25, -0.2) is 13.1 Å². The summed E-state index contributed by atoms with van der Waals surface area (Å²) in [6.07, 6.45) is 0. The Bertz CT molecular complexity index is 702. The second-order valence-corrected chi connectivity index (χ2v) is 6.07. The molecule has 0 aliphatic rings. The zero-order valence-electron chi connectivity index (χ0n) is 11.0. The molecule has 0 amide bonds. The standard InChI is InChI=1S/C12H16N4O2S/c1-8-4-6-10(7-5-8)19(17,18)15-12-11(13)9(2)14-16(12)3/h4-7,15H,13H2,1-3H3. The normalized spacial score (nSPS) is 11.5. The molecule has 1 aromatic heterocycles. The van der Waals surface area contributed by atoms with Crippen LogP contribution in [0.1, 0.15) is 11.3 Å². The fraction of sp³-hybridized carbons (Fsp3) is 0.250. The number of anilines is 2. The molecule has 102 valence electrons. The van der Waals surface area contributed by atoms with Crippen LogP contribution in [-0.4, -0.2) is 18.2 Å². The number of benzene rings is 1.